The fourth-order valence-corrected chi connectivity index (χ4v) is 1.21. The van der Waals surface area contributed by atoms with Gasteiger partial charge in [0.2, 0.25) is 5.91 Å². The van der Waals surface area contributed by atoms with Gasteiger partial charge in [0.15, 0.2) is 6.19 Å². The molecule has 0 aromatic heterocycles. The van der Waals surface area contributed by atoms with Crippen molar-refractivity contribution in [2.24, 2.45) is 0 Å². The van der Waals surface area contributed by atoms with Crippen LogP contribution in [0.4, 0.5) is 0 Å². The average Bonchev–Trinajstić information content (AvgIpc) is 2.29. The van der Waals surface area contributed by atoms with Gasteiger partial charge in [0.25, 0.3) is 0 Å². The maximum atomic E-state index is 11.4. The van der Waals surface area contributed by atoms with Gasteiger partial charge in [-0.3, -0.25) is 4.79 Å². The number of aryl methyl sites for hydroxylation is 1. The van der Waals surface area contributed by atoms with E-state index < -0.39 is 0 Å². The number of nitrogens with zero attached hydrogens (tertiary/aromatic N) is 2. The molecule has 0 saturated carbocycles. The first-order chi connectivity index (χ1) is 7.27. The largest absolute Gasteiger partial charge is 0.273 e. The van der Waals surface area contributed by atoms with E-state index in [1.54, 1.807) is 6.19 Å². The van der Waals surface area contributed by atoms with Crippen LogP contribution in [0.25, 0.3) is 0 Å². The summed E-state index contributed by atoms with van der Waals surface area (Å²) >= 11 is 0. The first-order valence-corrected chi connectivity index (χ1v) is 4.66. The summed E-state index contributed by atoms with van der Waals surface area (Å²) < 4.78 is 0. The third-order valence-electron chi connectivity index (χ3n) is 2.03. The number of amides is 1. The van der Waals surface area contributed by atoms with Crippen molar-refractivity contribution >= 4 is 5.91 Å². The van der Waals surface area contributed by atoms with Gasteiger partial charge in [-0.05, 0) is 12.0 Å². The molecule has 1 aromatic carbocycles. The van der Waals surface area contributed by atoms with E-state index in [-0.39, 0.29) is 5.91 Å². The molecule has 3 heteroatoms. The molecule has 0 aliphatic heterocycles. The molecule has 1 aromatic rings. The van der Waals surface area contributed by atoms with Crippen molar-refractivity contribution in [3.8, 4) is 6.19 Å². The molecule has 0 radical (unpaired) electrons. The lowest BCUT2D eigenvalue weighted by Gasteiger charge is -2.07. The summed E-state index contributed by atoms with van der Waals surface area (Å²) in [5, 5.41) is 8.58. The van der Waals surface area contributed by atoms with Crippen molar-refractivity contribution in [3.05, 3.63) is 48.7 Å². The Morgan fingerprint density at radius 2 is 2.13 bits per heavy atom. The lowest BCUT2D eigenvalue weighted by Crippen LogP contribution is -2.20. The standard InChI is InChI=1S/C12H12N2O/c1-2-14(10-13)12(15)9-8-11-6-4-3-5-7-11/h2-7H,1,8-9H2. The van der Waals surface area contributed by atoms with Crippen molar-refractivity contribution in [2.75, 3.05) is 0 Å². The van der Waals surface area contributed by atoms with Gasteiger partial charge in [-0.2, -0.15) is 5.26 Å². The molecule has 0 N–H and O–H groups in total. The van der Waals surface area contributed by atoms with E-state index in [0.717, 1.165) is 10.5 Å². The van der Waals surface area contributed by atoms with E-state index in [1.807, 2.05) is 30.3 Å². The monoisotopic (exact) mass is 200 g/mol. The Bertz CT molecular complexity index is 378. The van der Waals surface area contributed by atoms with Gasteiger partial charge in [-0.25, -0.2) is 4.90 Å². The number of carbonyl (C=O) groups is 1. The van der Waals surface area contributed by atoms with Gasteiger partial charge in [0.1, 0.15) is 0 Å². The molecule has 0 atom stereocenters. The Morgan fingerprint density at radius 3 is 2.67 bits per heavy atom. The van der Waals surface area contributed by atoms with Gasteiger partial charge < -0.3 is 0 Å². The number of nitriles is 1. The van der Waals surface area contributed by atoms with Gasteiger partial charge >= 0.3 is 0 Å². The van der Waals surface area contributed by atoms with Crippen molar-refractivity contribution in [1.29, 1.82) is 5.26 Å². The minimum atomic E-state index is -0.226. The molecular formula is C12H12N2O. The van der Waals surface area contributed by atoms with Gasteiger partial charge in [0, 0.05) is 12.6 Å². The first-order valence-electron chi connectivity index (χ1n) is 4.66. The Hall–Kier alpha value is -2.08. The highest BCUT2D eigenvalue weighted by Gasteiger charge is 2.08. The van der Waals surface area contributed by atoms with E-state index in [2.05, 4.69) is 6.58 Å². The van der Waals surface area contributed by atoms with Gasteiger partial charge in [-0.1, -0.05) is 36.9 Å². The molecule has 0 saturated heterocycles. The van der Waals surface area contributed by atoms with Gasteiger partial charge in [0.05, 0.1) is 0 Å². The molecule has 1 rings (SSSR count). The fraction of sp³-hybridized carbons (Fsp3) is 0.167. The van der Waals surface area contributed by atoms with Crippen LogP contribution in [0.2, 0.25) is 0 Å². The first kappa shape index (κ1) is 11.0. The summed E-state index contributed by atoms with van der Waals surface area (Å²) in [6, 6.07) is 9.69. The molecule has 0 heterocycles. The highest BCUT2D eigenvalue weighted by atomic mass is 16.2. The molecule has 0 spiro atoms. The zero-order chi connectivity index (χ0) is 11.1. The zero-order valence-corrected chi connectivity index (χ0v) is 8.39. The van der Waals surface area contributed by atoms with Crippen LogP contribution in [0.1, 0.15) is 12.0 Å². The maximum absolute atomic E-state index is 11.4. The lowest BCUT2D eigenvalue weighted by molar-refractivity contribution is -0.126. The lowest BCUT2D eigenvalue weighted by atomic mass is 10.1. The SMILES string of the molecule is C=CN(C#N)C(=O)CCc1ccccc1. The Balaban J connectivity index is 2.48. The molecule has 76 valence electrons. The minimum absolute atomic E-state index is 0.226. The van der Waals surface area contributed by atoms with E-state index >= 15 is 0 Å². The molecule has 0 bridgehead atoms. The third kappa shape index (κ3) is 3.28. The van der Waals surface area contributed by atoms with Crippen LogP contribution < -0.4 is 0 Å². The minimum Gasteiger partial charge on any atom is -0.273 e. The van der Waals surface area contributed by atoms with Crippen LogP contribution in [-0.4, -0.2) is 10.8 Å². The highest BCUT2D eigenvalue weighted by Crippen LogP contribution is 2.04. The summed E-state index contributed by atoms with van der Waals surface area (Å²) in [5.41, 5.74) is 1.09. The molecule has 1 amide bonds. The zero-order valence-electron chi connectivity index (χ0n) is 8.39. The van der Waals surface area contributed by atoms with Crippen LogP contribution >= 0.6 is 0 Å². The van der Waals surface area contributed by atoms with Crippen molar-refractivity contribution in [2.45, 2.75) is 12.8 Å². The maximum Gasteiger partial charge on any atom is 0.240 e. The predicted octanol–water partition coefficient (Wildman–Crippen LogP) is 2.07. The fourth-order valence-electron chi connectivity index (χ4n) is 1.21. The highest BCUT2D eigenvalue weighted by molar-refractivity contribution is 5.78. The summed E-state index contributed by atoms with van der Waals surface area (Å²) in [6.07, 6.45) is 3.95. The summed E-state index contributed by atoms with van der Waals surface area (Å²) in [7, 11) is 0. The Kier molecular flexibility index (Phi) is 4.11. The van der Waals surface area contributed by atoms with E-state index in [0.29, 0.717) is 12.8 Å². The van der Waals surface area contributed by atoms with Crippen molar-refractivity contribution in [1.82, 2.24) is 4.90 Å². The van der Waals surface area contributed by atoms with Gasteiger partial charge in [-0.15, -0.1) is 0 Å². The van der Waals surface area contributed by atoms with E-state index in [1.165, 1.54) is 6.20 Å². The topological polar surface area (TPSA) is 44.1 Å². The second-order valence-electron chi connectivity index (χ2n) is 3.03. The average molecular weight is 200 g/mol. The predicted molar refractivity (Wildman–Crippen MR) is 57.4 cm³/mol. The number of hydrogen-bond acceptors (Lipinski definition) is 2. The molecule has 0 aliphatic carbocycles. The molecule has 0 unspecified atom stereocenters. The molecule has 15 heavy (non-hydrogen) atoms. The number of benzene rings is 1. The Labute approximate surface area is 89.2 Å². The molecule has 0 fully saturated rings. The summed E-state index contributed by atoms with van der Waals surface area (Å²) in [6.45, 7) is 3.39. The van der Waals surface area contributed by atoms with Crippen molar-refractivity contribution in [3.63, 3.8) is 0 Å². The Morgan fingerprint density at radius 1 is 1.47 bits per heavy atom. The van der Waals surface area contributed by atoms with Crippen LogP contribution in [-0.2, 0) is 11.2 Å². The normalized spacial score (nSPS) is 9.00. The van der Waals surface area contributed by atoms with Crippen LogP contribution in [0.3, 0.4) is 0 Å². The number of hydrogen-bond donors (Lipinski definition) is 0. The second-order valence-corrected chi connectivity index (χ2v) is 3.03. The second kappa shape index (κ2) is 5.61. The van der Waals surface area contributed by atoms with Crippen LogP contribution in [0.15, 0.2) is 43.1 Å². The smallest absolute Gasteiger partial charge is 0.240 e. The summed E-state index contributed by atoms with van der Waals surface area (Å²) in [5.74, 6) is -0.226. The van der Waals surface area contributed by atoms with E-state index in [4.69, 9.17) is 5.26 Å². The molecule has 3 nitrogen and oxygen atoms in total. The van der Waals surface area contributed by atoms with E-state index in [9.17, 15) is 4.79 Å². The molecular weight excluding hydrogens is 188 g/mol. The van der Waals surface area contributed by atoms with Crippen molar-refractivity contribution < 1.29 is 4.79 Å². The number of carbonyl (C=O) groups excluding carboxylic acids is 1. The quantitative estimate of drug-likeness (QED) is 0.551. The van der Waals surface area contributed by atoms with Crippen LogP contribution in [0.5, 0.6) is 0 Å². The molecule has 0 aliphatic rings. The number of rotatable bonds is 4. The van der Waals surface area contributed by atoms with Crippen LogP contribution in [0, 0.1) is 11.5 Å². The third-order valence-corrected chi connectivity index (χ3v) is 2.03. The summed E-state index contributed by atoms with van der Waals surface area (Å²) in [4.78, 5) is 12.4.